The minimum Gasteiger partial charge on any atom is -0.377 e. The van der Waals surface area contributed by atoms with Crippen molar-refractivity contribution in [1.82, 2.24) is 0 Å². The van der Waals surface area contributed by atoms with Crippen molar-refractivity contribution >= 4 is 17.6 Å². The summed E-state index contributed by atoms with van der Waals surface area (Å²) >= 11 is 0. The lowest BCUT2D eigenvalue weighted by Crippen LogP contribution is -2.50. The molecule has 0 N–H and O–H groups in total. The predicted molar refractivity (Wildman–Crippen MR) is 77.0 cm³/mol. The maximum atomic E-state index is 5.79. The topological polar surface area (TPSA) is 55.4 Å². The molecular weight excluding hydrogens is 284 g/mol. The minimum absolute atomic E-state index is 0.563. The molecular formula is C11H28O6Si2. The van der Waals surface area contributed by atoms with Gasteiger partial charge in [0.25, 0.3) is 0 Å². The summed E-state index contributed by atoms with van der Waals surface area (Å²) in [6, 6.07) is 1.24. The van der Waals surface area contributed by atoms with Gasteiger partial charge < -0.3 is 26.6 Å². The number of hydrogen-bond donors (Lipinski definition) is 0. The van der Waals surface area contributed by atoms with Crippen molar-refractivity contribution in [2.75, 3.05) is 41.2 Å². The fourth-order valence-corrected chi connectivity index (χ4v) is 7.43. The molecule has 0 saturated heterocycles. The van der Waals surface area contributed by atoms with Crippen molar-refractivity contribution in [3.63, 3.8) is 0 Å². The van der Waals surface area contributed by atoms with E-state index in [0.717, 1.165) is 0 Å². The van der Waals surface area contributed by atoms with Crippen molar-refractivity contribution in [3.05, 3.63) is 0 Å². The van der Waals surface area contributed by atoms with Crippen LogP contribution in [-0.4, -0.2) is 58.8 Å². The molecule has 0 spiro atoms. The van der Waals surface area contributed by atoms with Crippen LogP contribution < -0.4 is 0 Å². The zero-order valence-corrected chi connectivity index (χ0v) is 15.0. The second-order valence-corrected chi connectivity index (χ2v) is 9.60. The van der Waals surface area contributed by atoms with Crippen LogP contribution in [0.4, 0.5) is 0 Å². The Morgan fingerprint density at radius 2 is 0.895 bits per heavy atom. The highest BCUT2D eigenvalue weighted by Gasteiger charge is 2.47. The van der Waals surface area contributed by atoms with Crippen LogP contribution in [0.15, 0.2) is 0 Å². The van der Waals surface area contributed by atoms with Crippen LogP contribution in [-0.2, 0) is 26.6 Å². The summed E-state index contributed by atoms with van der Waals surface area (Å²) in [5, 5.41) is 0. The van der Waals surface area contributed by atoms with Crippen LogP contribution >= 0.6 is 0 Å². The molecule has 0 rings (SSSR count). The molecule has 0 aliphatic carbocycles. The molecule has 0 atom stereocenters. The Bertz CT molecular complexity index is 200. The molecule has 0 aromatic rings. The van der Waals surface area contributed by atoms with Gasteiger partial charge in [-0.15, -0.1) is 0 Å². The molecule has 19 heavy (non-hydrogen) atoms. The van der Waals surface area contributed by atoms with Gasteiger partial charge in [0.2, 0.25) is 0 Å². The molecule has 116 valence electrons. The first kappa shape index (κ1) is 19.2. The molecule has 0 heterocycles. The fourth-order valence-electron chi connectivity index (χ4n) is 1.86. The molecule has 6 nitrogen and oxygen atoms in total. The summed E-state index contributed by atoms with van der Waals surface area (Å²) < 4.78 is 33.6. The first-order valence-electron chi connectivity index (χ1n) is 6.64. The Labute approximate surface area is 119 Å². The van der Waals surface area contributed by atoms with E-state index in [2.05, 4.69) is 0 Å². The van der Waals surface area contributed by atoms with E-state index in [4.69, 9.17) is 26.6 Å². The Morgan fingerprint density at radius 1 is 0.579 bits per heavy atom. The monoisotopic (exact) mass is 312 g/mol. The summed E-state index contributed by atoms with van der Waals surface area (Å²) in [5.41, 5.74) is 0. The van der Waals surface area contributed by atoms with Gasteiger partial charge in [0.05, 0.1) is 0 Å². The van der Waals surface area contributed by atoms with Gasteiger partial charge in [0, 0.05) is 53.2 Å². The first-order chi connectivity index (χ1) is 9.07. The zero-order valence-electron chi connectivity index (χ0n) is 13.0. The third-order valence-corrected chi connectivity index (χ3v) is 9.04. The van der Waals surface area contributed by atoms with Crippen molar-refractivity contribution in [2.45, 2.75) is 32.9 Å². The van der Waals surface area contributed by atoms with Crippen molar-refractivity contribution < 1.29 is 26.6 Å². The Balaban J connectivity index is 4.78. The second kappa shape index (κ2) is 10.00. The van der Waals surface area contributed by atoms with Crippen molar-refractivity contribution in [2.24, 2.45) is 0 Å². The van der Waals surface area contributed by atoms with E-state index in [9.17, 15) is 0 Å². The van der Waals surface area contributed by atoms with E-state index in [1.165, 1.54) is 0 Å². The highest BCUT2D eigenvalue weighted by Crippen LogP contribution is 2.24. The molecule has 0 aromatic carbocycles. The molecule has 8 heteroatoms. The molecule has 0 saturated carbocycles. The smallest absolute Gasteiger partial charge is 0.377 e. The standard InChI is InChI=1S/C11H28O6Si2/c1-7-15-19(16-8-2,17-9-3)11-10-18(12-4,13-5)14-6/h7-11H2,1-6H3. The lowest BCUT2D eigenvalue weighted by Gasteiger charge is -2.31. The van der Waals surface area contributed by atoms with E-state index in [1.54, 1.807) is 21.3 Å². The van der Waals surface area contributed by atoms with Crippen LogP contribution in [0.3, 0.4) is 0 Å². The van der Waals surface area contributed by atoms with Crippen molar-refractivity contribution in [1.29, 1.82) is 0 Å². The number of hydrogen-bond acceptors (Lipinski definition) is 6. The van der Waals surface area contributed by atoms with Gasteiger partial charge in [-0.3, -0.25) is 0 Å². The zero-order chi connectivity index (χ0) is 14.8. The quantitative estimate of drug-likeness (QED) is 0.513. The van der Waals surface area contributed by atoms with Crippen LogP contribution in [0, 0.1) is 0 Å². The summed E-state index contributed by atoms with van der Waals surface area (Å²) in [5.74, 6) is 0. The summed E-state index contributed by atoms with van der Waals surface area (Å²) in [6.07, 6.45) is 0. The third kappa shape index (κ3) is 6.00. The summed E-state index contributed by atoms with van der Waals surface area (Å²) in [7, 11) is -0.474. The SMILES string of the molecule is CCO[Si](CC[Si](OC)(OC)OC)(OCC)OCC. The largest absolute Gasteiger partial charge is 0.500 e. The Morgan fingerprint density at radius 3 is 1.16 bits per heavy atom. The Kier molecular flexibility index (Phi) is 10.1. The van der Waals surface area contributed by atoms with Gasteiger partial charge in [-0.05, 0) is 20.8 Å². The summed E-state index contributed by atoms with van der Waals surface area (Å²) in [6.45, 7) is 7.50. The highest BCUT2D eigenvalue weighted by atomic mass is 28.4. The van der Waals surface area contributed by atoms with Crippen molar-refractivity contribution in [3.8, 4) is 0 Å². The van der Waals surface area contributed by atoms with Gasteiger partial charge in [-0.1, -0.05) is 0 Å². The molecule has 0 unspecified atom stereocenters. The van der Waals surface area contributed by atoms with E-state index in [1.807, 2.05) is 20.8 Å². The lowest BCUT2D eigenvalue weighted by molar-refractivity contribution is 0.0688. The maximum absolute atomic E-state index is 5.79. The third-order valence-electron chi connectivity index (χ3n) is 2.76. The first-order valence-corrected chi connectivity index (χ1v) is 10.5. The van der Waals surface area contributed by atoms with Crippen LogP contribution in [0.25, 0.3) is 0 Å². The highest BCUT2D eigenvalue weighted by molar-refractivity contribution is 6.66. The van der Waals surface area contributed by atoms with Gasteiger partial charge in [0.15, 0.2) is 0 Å². The molecule has 0 aliphatic heterocycles. The molecule has 0 aliphatic rings. The minimum atomic E-state index is -2.66. The van der Waals surface area contributed by atoms with Gasteiger partial charge in [0.1, 0.15) is 0 Å². The van der Waals surface area contributed by atoms with Gasteiger partial charge in [-0.25, -0.2) is 0 Å². The van der Waals surface area contributed by atoms with E-state index >= 15 is 0 Å². The number of rotatable bonds is 12. The predicted octanol–water partition coefficient (Wildman–Crippen LogP) is 1.91. The average Bonchev–Trinajstić information content (AvgIpc) is 2.42. The van der Waals surface area contributed by atoms with E-state index in [0.29, 0.717) is 31.9 Å². The van der Waals surface area contributed by atoms with Gasteiger partial charge in [-0.2, -0.15) is 0 Å². The average molecular weight is 313 g/mol. The molecule has 0 radical (unpaired) electrons. The molecule has 0 aromatic heterocycles. The van der Waals surface area contributed by atoms with Crippen LogP contribution in [0.5, 0.6) is 0 Å². The summed E-state index contributed by atoms with van der Waals surface area (Å²) in [4.78, 5) is 0. The second-order valence-electron chi connectivity index (χ2n) is 3.78. The van der Waals surface area contributed by atoms with E-state index in [-0.39, 0.29) is 0 Å². The van der Waals surface area contributed by atoms with Gasteiger partial charge >= 0.3 is 17.6 Å². The van der Waals surface area contributed by atoms with E-state index < -0.39 is 17.6 Å². The van der Waals surface area contributed by atoms with Crippen LogP contribution in [0.2, 0.25) is 12.1 Å². The normalized spacial score (nSPS) is 12.9. The lowest BCUT2D eigenvalue weighted by atomic mass is 10.9. The maximum Gasteiger partial charge on any atom is 0.500 e. The van der Waals surface area contributed by atoms with Crippen LogP contribution in [0.1, 0.15) is 20.8 Å². The Hall–Kier alpha value is 0.194. The fraction of sp³-hybridized carbons (Fsp3) is 1.00. The molecule has 0 amide bonds. The molecule has 0 bridgehead atoms. The molecule has 0 fully saturated rings.